The molecule has 0 bridgehead atoms. The van der Waals surface area contributed by atoms with E-state index in [2.05, 4.69) is 25.1 Å². The molecule has 0 amide bonds. The zero-order chi connectivity index (χ0) is 16.2. The molecule has 1 N–H and O–H groups in total. The zero-order valence-electron chi connectivity index (χ0n) is 13.3. The Morgan fingerprint density at radius 2 is 1.71 bits per heavy atom. The molecule has 1 aliphatic rings. The highest BCUT2D eigenvalue weighted by Gasteiger charge is 2.23. The van der Waals surface area contributed by atoms with Crippen molar-refractivity contribution < 1.29 is 9.32 Å². The highest BCUT2D eigenvalue weighted by Crippen LogP contribution is 2.16. The van der Waals surface area contributed by atoms with Gasteiger partial charge in [-0.15, -0.1) is 10.2 Å². The third-order valence-corrected chi connectivity index (χ3v) is 4.19. The van der Waals surface area contributed by atoms with Crippen molar-refractivity contribution in [1.29, 1.82) is 0 Å². The van der Waals surface area contributed by atoms with Crippen LogP contribution in [-0.2, 0) is 6.54 Å². The van der Waals surface area contributed by atoms with Gasteiger partial charge in [-0.3, -0.25) is 0 Å². The molecule has 0 saturated carbocycles. The molecular weight excluding hydrogens is 304 g/mol. The lowest BCUT2D eigenvalue weighted by molar-refractivity contribution is -0.915. The van der Waals surface area contributed by atoms with Crippen LogP contribution < -0.4 is 9.80 Å². The summed E-state index contributed by atoms with van der Waals surface area (Å²) in [5.41, 5.74) is 0.956. The fourth-order valence-electron chi connectivity index (χ4n) is 2.89. The van der Waals surface area contributed by atoms with Crippen molar-refractivity contribution in [3.8, 4) is 11.5 Å². The van der Waals surface area contributed by atoms with Crippen LogP contribution in [0.4, 0.5) is 5.95 Å². The molecule has 0 atom stereocenters. The SMILES string of the molecule is c1ccc(-c2nnc(C[NH+]3CCN(c4ncccn4)CC3)o2)cc1. The maximum Gasteiger partial charge on any atom is 0.271 e. The topological polar surface area (TPSA) is 72.4 Å². The molecular formula is C17H19N6O+. The third-order valence-electron chi connectivity index (χ3n) is 4.19. The van der Waals surface area contributed by atoms with E-state index in [1.807, 2.05) is 36.4 Å². The summed E-state index contributed by atoms with van der Waals surface area (Å²) in [6.07, 6.45) is 3.57. The summed E-state index contributed by atoms with van der Waals surface area (Å²) in [5, 5.41) is 8.34. The Morgan fingerprint density at radius 1 is 0.958 bits per heavy atom. The Labute approximate surface area is 140 Å². The predicted molar refractivity (Wildman–Crippen MR) is 88.4 cm³/mol. The van der Waals surface area contributed by atoms with Gasteiger partial charge in [-0.25, -0.2) is 9.97 Å². The number of benzene rings is 1. The van der Waals surface area contributed by atoms with Gasteiger partial charge in [-0.1, -0.05) is 18.2 Å². The van der Waals surface area contributed by atoms with Crippen molar-refractivity contribution in [2.45, 2.75) is 6.54 Å². The van der Waals surface area contributed by atoms with Crippen LogP contribution in [0.3, 0.4) is 0 Å². The normalized spacial score (nSPS) is 15.6. The fourth-order valence-corrected chi connectivity index (χ4v) is 2.89. The van der Waals surface area contributed by atoms with Crippen LogP contribution in [0.1, 0.15) is 5.89 Å². The van der Waals surface area contributed by atoms with Crippen LogP contribution >= 0.6 is 0 Å². The molecule has 3 aromatic rings. The molecule has 0 radical (unpaired) electrons. The van der Waals surface area contributed by atoms with E-state index in [0.29, 0.717) is 11.8 Å². The highest BCUT2D eigenvalue weighted by molar-refractivity contribution is 5.51. The standard InChI is InChI=1S/C17H18N6O/c1-2-5-14(6-3-1)16-21-20-15(24-16)13-22-9-11-23(12-10-22)17-18-7-4-8-19-17/h1-8H,9-13H2/p+1. The average molecular weight is 323 g/mol. The Kier molecular flexibility index (Phi) is 4.16. The number of hydrogen-bond donors (Lipinski definition) is 1. The van der Waals surface area contributed by atoms with Gasteiger partial charge in [0.25, 0.3) is 5.89 Å². The number of quaternary nitrogens is 1. The summed E-state index contributed by atoms with van der Waals surface area (Å²) < 4.78 is 5.80. The van der Waals surface area contributed by atoms with Crippen LogP contribution in [0, 0.1) is 0 Å². The number of aromatic nitrogens is 4. The molecule has 7 nitrogen and oxygen atoms in total. The summed E-state index contributed by atoms with van der Waals surface area (Å²) in [6, 6.07) is 11.7. The molecule has 7 heteroatoms. The van der Waals surface area contributed by atoms with Crippen LogP contribution in [-0.4, -0.2) is 46.3 Å². The van der Waals surface area contributed by atoms with Crippen molar-refractivity contribution >= 4 is 5.95 Å². The summed E-state index contributed by atoms with van der Waals surface area (Å²) in [5.74, 6) is 2.08. The molecule has 1 aliphatic heterocycles. The van der Waals surface area contributed by atoms with E-state index < -0.39 is 0 Å². The van der Waals surface area contributed by atoms with E-state index >= 15 is 0 Å². The minimum Gasteiger partial charge on any atom is -0.415 e. The summed E-state index contributed by atoms with van der Waals surface area (Å²) >= 11 is 0. The zero-order valence-corrected chi connectivity index (χ0v) is 13.3. The average Bonchev–Trinajstić information content (AvgIpc) is 3.12. The first-order valence-electron chi connectivity index (χ1n) is 8.12. The van der Waals surface area contributed by atoms with Crippen LogP contribution in [0.5, 0.6) is 0 Å². The lowest BCUT2D eigenvalue weighted by Gasteiger charge is -2.31. The van der Waals surface area contributed by atoms with Crippen molar-refractivity contribution in [2.75, 3.05) is 31.1 Å². The van der Waals surface area contributed by atoms with Crippen molar-refractivity contribution in [2.24, 2.45) is 0 Å². The molecule has 122 valence electrons. The summed E-state index contributed by atoms with van der Waals surface area (Å²) in [4.78, 5) is 12.3. The Bertz CT molecular complexity index is 768. The third kappa shape index (κ3) is 3.26. The summed E-state index contributed by atoms with van der Waals surface area (Å²) in [6.45, 7) is 4.62. The van der Waals surface area contributed by atoms with Crippen molar-refractivity contribution in [3.05, 3.63) is 54.7 Å². The van der Waals surface area contributed by atoms with Crippen molar-refractivity contribution in [1.82, 2.24) is 20.2 Å². The smallest absolute Gasteiger partial charge is 0.271 e. The van der Waals surface area contributed by atoms with Crippen LogP contribution in [0.15, 0.2) is 53.2 Å². The molecule has 0 spiro atoms. The highest BCUT2D eigenvalue weighted by atomic mass is 16.4. The lowest BCUT2D eigenvalue weighted by Crippen LogP contribution is -3.13. The first-order valence-corrected chi connectivity index (χ1v) is 8.12. The molecule has 0 unspecified atom stereocenters. The maximum absolute atomic E-state index is 5.80. The molecule has 3 heterocycles. The quantitative estimate of drug-likeness (QED) is 0.751. The van der Waals surface area contributed by atoms with Gasteiger partial charge in [0.15, 0.2) is 6.54 Å². The van der Waals surface area contributed by atoms with E-state index in [9.17, 15) is 0 Å². The van der Waals surface area contributed by atoms with Crippen LogP contribution in [0.2, 0.25) is 0 Å². The monoisotopic (exact) mass is 323 g/mol. The number of piperazine rings is 1. The number of rotatable bonds is 4. The second kappa shape index (κ2) is 6.76. The van der Waals surface area contributed by atoms with Gasteiger partial charge in [-0.05, 0) is 18.2 Å². The number of anilines is 1. The maximum atomic E-state index is 5.80. The molecule has 2 aromatic heterocycles. The first-order chi connectivity index (χ1) is 11.9. The number of nitrogens with one attached hydrogen (secondary N) is 1. The predicted octanol–water partition coefficient (Wildman–Crippen LogP) is 0.432. The van der Waals surface area contributed by atoms with Gasteiger partial charge in [-0.2, -0.15) is 0 Å². The molecule has 24 heavy (non-hydrogen) atoms. The van der Waals surface area contributed by atoms with Gasteiger partial charge in [0.05, 0.1) is 26.2 Å². The minimum atomic E-state index is 0.585. The second-order valence-corrected chi connectivity index (χ2v) is 5.83. The fraction of sp³-hybridized carbons (Fsp3) is 0.294. The van der Waals surface area contributed by atoms with E-state index in [1.165, 1.54) is 4.90 Å². The molecule has 1 aromatic carbocycles. The van der Waals surface area contributed by atoms with Gasteiger partial charge >= 0.3 is 0 Å². The Balaban J connectivity index is 1.35. The van der Waals surface area contributed by atoms with Gasteiger partial charge in [0.2, 0.25) is 11.8 Å². The molecule has 1 fully saturated rings. The second-order valence-electron chi connectivity index (χ2n) is 5.83. The largest absolute Gasteiger partial charge is 0.415 e. The lowest BCUT2D eigenvalue weighted by atomic mass is 10.2. The van der Waals surface area contributed by atoms with Crippen molar-refractivity contribution in [3.63, 3.8) is 0 Å². The van der Waals surface area contributed by atoms with E-state index in [-0.39, 0.29) is 0 Å². The minimum absolute atomic E-state index is 0.585. The van der Waals surface area contributed by atoms with E-state index in [1.54, 1.807) is 12.4 Å². The molecule has 0 aliphatic carbocycles. The molecule has 1 saturated heterocycles. The van der Waals surface area contributed by atoms with Crippen LogP contribution in [0.25, 0.3) is 11.5 Å². The molecule has 4 rings (SSSR count). The van der Waals surface area contributed by atoms with Gasteiger partial charge < -0.3 is 14.2 Å². The Hall–Kier alpha value is -2.80. The summed E-state index contributed by atoms with van der Waals surface area (Å²) in [7, 11) is 0. The Morgan fingerprint density at radius 3 is 2.46 bits per heavy atom. The number of hydrogen-bond acceptors (Lipinski definition) is 6. The van der Waals surface area contributed by atoms with Gasteiger partial charge in [0, 0.05) is 18.0 Å². The number of nitrogens with zero attached hydrogens (tertiary/aromatic N) is 5. The first kappa shape index (κ1) is 14.8. The van der Waals surface area contributed by atoms with E-state index in [4.69, 9.17) is 4.42 Å². The van der Waals surface area contributed by atoms with E-state index in [0.717, 1.165) is 44.2 Å². The van der Waals surface area contributed by atoms with Gasteiger partial charge in [0.1, 0.15) is 0 Å².